The zero-order valence-corrected chi connectivity index (χ0v) is 8.69. The number of amides is 1. The van der Waals surface area contributed by atoms with Crippen molar-refractivity contribution >= 4 is 28.5 Å². The van der Waals surface area contributed by atoms with Gasteiger partial charge >= 0.3 is 0 Å². The van der Waals surface area contributed by atoms with E-state index >= 15 is 0 Å². The van der Waals surface area contributed by atoms with Gasteiger partial charge in [0.05, 0.1) is 6.42 Å². The fourth-order valence-corrected chi connectivity index (χ4v) is 1.36. The van der Waals surface area contributed by atoms with Crippen molar-refractivity contribution in [2.24, 2.45) is 0 Å². The third-order valence-corrected chi connectivity index (χ3v) is 2.02. The van der Waals surface area contributed by atoms with Gasteiger partial charge in [-0.05, 0) is 19.1 Å². The van der Waals surface area contributed by atoms with Crippen LogP contribution in [0.25, 0.3) is 11.1 Å². The number of nitrogens with one attached hydrogen (secondary N) is 1. The SMILES string of the molecule is CC(=O)CC(=O)Nc1ccc2ncoc2c1. The molecule has 0 aliphatic rings. The first-order valence-corrected chi connectivity index (χ1v) is 4.78. The van der Waals surface area contributed by atoms with Gasteiger partial charge in [0.25, 0.3) is 0 Å². The molecule has 0 spiro atoms. The van der Waals surface area contributed by atoms with Crippen molar-refractivity contribution in [2.45, 2.75) is 13.3 Å². The van der Waals surface area contributed by atoms with Crippen LogP contribution in [0.1, 0.15) is 13.3 Å². The molecule has 0 unspecified atom stereocenters. The number of nitrogens with zero attached hydrogens (tertiary/aromatic N) is 1. The minimum atomic E-state index is -0.327. The van der Waals surface area contributed by atoms with Crippen LogP contribution in [0.3, 0.4) is 0 Å². The number of benzene rings is 1. The predicted molar refractivity (Wildman–Crippen MR) is 57.9 cm³/mol. The second-order valence-electron chi connectivity index (χ2n) is 3.46. The predicted octanol–water partition coefficient (Wildman–Crippen LogP) is 1.75. The maximum atomic E-state index is 11.3. The van der Waals surface area contributed by atoms with Crippen LogP contribution in [0.5, 0.6) is 0 Å². The number of anilines is 1. The fourth-order valence-electron chi connectivity index (χ4n) is 1.36. The number of oxazole rings is 1. The standard InChI is InChI=1S/C11H10N2O3/c1-7(14)4-11(15)13-8-2-3-9-10(5-8)16-6-12-9/h2-3,5-6H,4H2,1H3,(H,13,15). The van der Waals surface area contributed by atoms with Crippen molar-refractivity contribution in [3.63, 3.8) is 0 Å². The first-order chi connectivity index (χ1) is 7.65. The van der Waals surface area contributed by atoms with E-state index in [0.29, 0.717) is 11.3 Å². The van der Waals surface area contributed by atoms with Crippen LogP contribution in [0.2, 0.25) is 0 Å². The number of carbonyl (C=O) groups excluding carboxylic acids is 2. The van der Waals surface area contributed by atoms with Gasteiger partial charge in [0.1, 0.15) is 11.3 Å². The molecule has 1 amide bonds. The molecule has 5 nitrogen and oxygen atoms in total. The van der Waals surface area contributed by atoms with Gasteiger partial charge in [-0.3, -0.25) is 9.59 Å². The summed E-state index contributed by atoms with van der Waals surface area (Å²) in [6.07, 6.45) is 1.22. The molecule has 0 aliphatic carbocycles. The van der Waals surface area contributed by atoms with Crippen molar-refractivity contribution < 1.29 is 14.0 Å². The van der Waals surface area contributed by atoms with Gasteiger partial charge in [-0.25, -0.2) is 4.98 Å². The van der Waals surface area contributed by atoms with Crippen LogP contribution < -0.4 is 5.32 Å². The fraction of sp³-hybridized carbons (Fsp3) is 0.182. The molecule has 0 aliphatic heterocycles. The summed E-state index contributed by atoms with van der Waals surface area (Å²) in [5.74, 6) is -0.496. The Balaban J connectivity index is 2.14. The van der Waals surface area contributed by atoms with E-state index < -0.39 is 0 Å². The molecule has 16 heavy (non-hydrogen) atoms. The molecular formula is C11H10N2O3. The second kappa shape index (κ2) is 4.14. The first-order valence-electron chi connectivity index (χ1n) is 4.78. The van der Waals surface area contributed by atoms with Gasteiger partial charge in [0.2, 0.25) is 5.91 Å². The van der Waals surface area contributed by atoms with Crippen LogP contribution in [-0.2, 0) is 9.59 Å². The first kappa shape index (κ1) is 10.4. The summed E-state index contributed by atoms with van der Waals surface area (Å²) in [5, 5.41) is 2.61. The molecule has 1 heterocycles. The molecule has 1 aromatic heterocycles. The van der Waals surface area contributed by atoms with E-state index in [2.05, 4.69) is 10.3 Å². The lowest BCUT2D eigenvalue weighted by Gasteiger charge is -2.02. The van der Waals surface area contributed by atoms with Crippen molar-refractivity contribution in [3.05, 3.63) is 24.6 Å². The number of carbonyl (C=O) groups is 2. The van der Waals surface area contributed by atoms with Gasteiger partial charge in [-0.1, -0.05) is 0 Å². The highest BCUT2D eigenvalue weighted by Crippen LogP contribution is 2.17. The number of rotatable bonds is 3. The summed E-state index contributed by atoms with van der Waals surface area (Å²) in [7, 11) is 0. The molecule has 82 valence electrons. The number of Topliss-reactive ketones (excluding diaryl/α,β-unsaturated/α-hetero) is 1. The lowest BCUT2D eigenvalue weighted by molar-refractivity contribution is -0.124. The highest BCUT2D eigenvalue weighted by atomic mass is 16.3. The molecule has 0 atom stereocenters. The van der Waals surface area contributed by atoms with Crippen LogP contribution in [0, 0.1) is 0 Å². The number of hydrogen-bond acceptors (Lipinski definition) is 4. The molecule has 2 aromatic rings. The Morgan fingerprint density at radius 2 is 2.25 bits per heavy atom. The molecule has 1 aromatic carbocycles. The highest BCUT2D eigenvalue weighted by Gasteiger charge is 2.06. The molecule has 0 bridgehead atoms. The van der Waals surface area contributed by atoms with Gasteiger partial charge in [-0.15, -0.1) is 0 Å². The van der Waals surface area contributed by atoms with Gasteiger partial charge < -0.3 is 9.73 Å². The normalized spacial score (nSPS) is 10.3. The Morgan fingerprint density at radius 1 is 1.44 bits per heavy atom. The average Bonchev–Trinajstić information content (AvgIpc) is 2.63. The van der Waals surface area contributed by atoms with Gasteiger partial charge in [-0.2, -0.15) is 0 Å². The highest BCUT2D eigenvalue weighted by molar-refractivity contribution is 6.04. The quantitative estimate of drug-likeness (QED) is 0.796. The Morgan fingerprint density at radius 3 is 3.00 bits per heavy atom. The lowest BCUT2D eigenvalue weighted by Crippen LogP contribution is -2.14. The maximum Gasteiger partial charge on any atom is 0.231 e. The smallest absolute Gasteiger partial charge is 0.231 e. The topological polar surface area (TPSA) is 72.2 Å². The van der Waals surface area contributed by atoms with E-state index in [-0.39, 0.29) is 18.1 Å². The molecule has 2 rings (SSSR count). The van der Waals surface area contributed by atoms with Crippen molar-refractivity contribution in [1.82, 2.24) is 4.98 Å². The molecule has 0 saturated carbocycles. The monoisotopic (exact) mass is 218 g/mol. The van der Waals surface area contributed by atoms with Crippen molar-refractivity contribution in [3.8, 4) is 0 Å². The molecule has 0 fully saturated rings. The van der Waals surface area contributed by atoms with Crippen LogP contribution in [0.15, 0.2) is 29.0 Å². The maximum absolute atomic E-state index is 11.3. The van der Waals surface area contributed by atoms with Crippen molar-refractivity contribution in [1.29, 1.82) is 0 Å². The Labute approximate surface area is 91.5 Å². The second-order valence-corrected chi connectivity index (χ2v) is 3.46. The van der Waals surface area contributed by atoms with E-state index in [4.69, 9.17) is 4.42 Å². The van der Waals surface area contributed by atoms with E-state index in [1.807, 2.05) is 0 Å². The number of aromatic nitrogens is 1. The average molecular weight is 218 g/mol. The third-order valence-electron chi connectivity index (χ3n) is 2.02. The van der Waals surface area contributed by atoms with Crippen LogP contribution in [-0.4, -0.2) is 16.7 Å². The Bertz CT molecular complexity index is 545. The van der Waals surface area contributed by atoms with Gasteiger partial charge in [0, 0.05) is 11.8 Å². The van der Waals surface area contributed by atoms with Crippen LogP contribution >= 0.6 is 0 Å². The Kier molecular flexibility index (Phi) is 2.68. The Hall–Kier alpha value is -2.17. The third kappa shape index (κ3) is 2.25. The molecule has 0 radical (unpaired) electrons. The summed E-state index contributed by atoms with van der Waals surface area (Å²) >= 11 is 0. The molecule has 1 N–H and O–H groups in total. The van der Waals surface area contributed by atoms with Crippen LogP contribution in [0.4, 0.5) is 5.69 Å². The minimum absolute atomic E-state index is 0.117. The largest absolute Gasteiger partial charge is 0.443 e. The summed E-state index contributed by atoms with van der Waals surface area (Å²) < 4.78 is 5.09. The van der Waals surface area contributed by atoms with E-state index in [9.17, 15) is 9.59 Å². The lowest BCUT2D eigenvalue weighted by atomic mass is 10.2. The van der Waals surface area contributed by atoms with E-state index in [0.717, 1.165) is 5.52 Å². The molecule has 0 saturated heterocycles. The number of hydrogen-bond donors (Lipinski definition) is 1. The zero-order valence-electron chi connectivity index (χ0n) is 8.69. The number of fused-ring (bicyclic) bond motifs is 1. The van der Waals surface area contributed by atoms with Crippen molar-refractivity contribution in [2.75, 3.05) is 5.32 Å². The summed E-state index contributed by atoms with van der Waals surface area (Å²) in [5.41, 5.74) is 1.92. The summed E-state index contributed by atoms with van der Waals surface area (Å²) in [4.78, 5) is 26.0. The molecular weight excluding hydrogens is 208 g/mol. The molecule has 5 heteroatoms. The minimum Gasteiger partial charge on any atom is -0.443 e. The number of ketones is 1. The zero-order chi connectivity index (χ0) is 11.5. The summed E-state index contributed by atoms with van der Waals surface area (Å²) in [6, 6.07) is 5.12. The van der Waals surface area contributed by atoms with Gasteiger partial charge in [0.15, 0.2) is 12.0 Å². The van der Waals surface area contributed by atoms with E-state index in [1.165, 1.54) is 13.3 Å². The van der Waals surface area contributed by atoms with E-state index in [1.54, 1.807) is 18.2 Å². The summed E-state index contributed by atoms with van der Waals surface area (Å²) in [6.45, 7) is 1.37.